The zero-order valence-electron chi connectivity index (χ0n) is 9.70. The van der Waals surface area contributed by atoms with Gasteiger partial charge in [0.15, 0.2) is 0 Å². The molecule has 0 spiro atoms. The van der Waals surface area contributed by atoms with Crippen molar-refractivity contribution in [3.8, 4) is 11.1 Å². The molecule has 0 aliphatic heterocycles. The van der Waals surface area contributed by atoms with E-state index in [0.717, 1.165) is 21.3 Å². The van der Waals surface area contributed by atoms with E-state index in [0.29, 0.717) is 0 Å². The van der Waals surface area contributed by atoms with Crippen LogP contribution in [0.5, 0.6) is 0 Å². The second-order valence-corrected chi connectivity index (χ2v) is 4.89. The highest BCUT2D eigenvalue weighted by Gasteiger charge is 2.11. The molecule has 5 nitrogen and oxygen atoms in total. The van der Waals surface area contributed by atoms with Gasteiger partial charge in [-0.3, -0.25) is 0 Å². The van der Waals surface area contributed by atoms with Gasteiger partial charge in [0.2, 0.25) is 5.95 Å². The number of nitrogens with two attached hydrogens (primary N) is 1. The minimum atomic E-state index is -0.949. The first kappa shape index (κ1) is 11.6. The number of fused-ring (bicyclic) bond motifs is 1. The fourth-order valence-corrected chi connectivity index (χ4v) is 2.74. The molecule has 0 aliphatic rings. The van der Waals surface area contributed by atoms with Gasteiger partial charge in [0.1, 0.15) is 0 Å². The highest BCUT2D eigenvalue weighted by Crippen LogP contribution is 2.32. The molecule has 19 heavy (non-hydrogen) atoms. The first-order valence-corrected chi connectivity index (χ1v) is 6.36. The van der Waals surface area contributed by atoms with E-state index in [9.17, 15) is 4.79 Å². The number of carbonyl (C=O) groups is 1. The maximum atomic E-state index is 11.0. The number of nitrogen functional groups attached to an aromatic ring is 1. The Morgan fingerprint density at radius 3 is 3.00 bits per heavy atom. The highest BCUT2D eigenvalue weighted by molar-refractivity contribution is 7.17. The van der Waals surface area contributed by atoms with Gasteiger partial charge in [-0.05, 0) is 17.7 Å². The molecular weight excluding hydrogens is 262 g/mol. The standard InChI is InChI=1S/C13H9N3O2S/c14-13-15-5-10-11(16-13)9(6-19-10)7-2-1-3-8(4-7)12(17)18/h1-6H,(H,17,18)(H2,14,15,16). The number of hydrogen-bond donors (Lipinski definition) is 2. The van der Waals surface area contributed by atoms with Crippen molar-refractivity contribution in [3.63, 3.8) is 0 Å². The summed E-state index contributed by atoms with van der Waals surface area (Å²) in [5, 5.41) is 11.0. The monoisotopic (exact) mass is 271 g/mol. The summed E-state index contributed by atoms with van der Waals surface area (Å²) in [6, 6.07) is 6.75. The fraction of sp³-hybridized carbons (Fsp3) is 0. The summed E-state index contributed by atoms with van der Waals surface area (Å²) in [5.41, 5.74) is 8.28. The lowest BCUT2D eigenvalue weighted by Gasteiger charge is -2.01. The molecule has 2 heterocycles. The van der Waals surface area contributed by atoms with E-state index in [4.69, 9.17) is 10.8 Å². The smallest absolute Gasteiger partial charge is 0.335 e. The largest absolute Gasteiger partial charge is 0.478 e. The Balaban J connectivity index is 2.21. The number of carboxylic acid groups (broad SMARTS) is 1. The molecule has 1 aromatic carbocycles. The van der Waals surface area contributed by atoms with Crippen LogP contribution in [0.2, 0.25) is 0 Å². The Morgan fingerprint density at radius 1 is 1.37 bits per heavy atom. The third kappa shape index (κ3) is 2.02. The number of aromatic nitrogens is 2. The van der Waals surface area contributed by atoms with Crippen molar-refractivity contribution in [1.82, 2.24) is 9.97 Å². The number of benzene rings is 1. The minimum Gasteiger partial charge on any atom is -0.478 e. The first-order chi connectivity index (χ1) is 9.15. The molecule has 0 unspecified atom stereocenters. The topological polar surface area (TPSA) is 89.1 Å². The molecule has 0 fully saturated rings. The molecule has 3 aromatic rings. The van der Waals surface area contributed by atoms with Crippen LogP contribution < -0.4 is 5.73 Å². The zero-order valence-corrected chi connectivity index (χ0v) is 10.5. The molecule has 0 aliphatic carbocycles. The van der Waals surface area contributed by atoms with Gasteiger partial charge >= 0.3 is 5.97 Å². The average Bonchev–Trinajstić information content (AvgIpc) is 2.81. The van der Waals surface area contributed by atoms with Gasteiger partial charge in [-0.15, -0.1) is 11.3 Å². The van der Waals surface area contributed by atoms with Crippen LogP contribution in [0.25, 0.3) is 21.3 Å². The summed E-state index contributed by atoms with van der Waals surface area (Å²) in [4.78, 5) is 19.2. The van der Waals surface area contributed by atoms with E-state index >= 15 is 0 Å². The average molecular weight is 271 g/mol. The number of nitrogens with zero attached hydrogens (tertiary/aromatic N) is 2. The number of rotatable bonds is 2. The van der Waals surface area contributed by atoms with Crippen molar-refractivity contribution < 1.29 is 9.90 Å². The van der Waals surface area contributed by atoms with Gasteiger partial charge in [0.05, 0.1) is 22.0 Å². The number of anilines is 1. The van der Waals surface area contributed by atoms with Crippen molar-refractivity contribution in [2.24, 2.45) is 0 Å². The molecule has 3 rings (SSSR count). The lowest BCUT2D eigenvalue weighted by molar-refractivity contribution is 0.0697. The molecule has 3 N–H and O–H groups in total. The van der Waals surface area contributed by atoms with Crippen LogP contribution in [0, 0.1) is 0 Å². The molecule has 6 heteroatoms. The fourth-order valence-electron chi connectivity index (χ4n) is 1.87. The van der Waals surface area contributed by atoms with Crippen LogP contribution in [0.4, 0.5) is 5.95 Å². The van der Waals surface area contributed by atoms with Crippen LogP contribution in [0.3, 0.4) is 0 Å². The predicted octanol–water partition coefficient (Wildman–Crippen LogP) is 2.64. The van der Waals surface area contributed by atoms with Crippen molar-refractivity contribution in [1.29, 1.82) is 0 Å². The van der Waals surface area contributed by atoms with E-state index < -0.39 is 5.97 Å². The van der Waals surface area contributed by atoms with Crippen LogP contribution in [-0.2, 0) is 0 Å². The van der Waals surface area contributed by atoms with Crippen molar-refractivity contribution in [2.75, 3.05) is 5.73 Å². The van der Waals surface area contributed by atoms with Gasteiger partial charge in [0, 0.05) is 10.9 Å². The summed E-state index contributed by atoms with van der Waals surface area (Å²) in [6.07, 6.45) is 1.67. The van der Waals surface area contributed by atoms with Crippen LogP contribution in [0.1, 0.15) is 10.4 Å². The van der Waals surface area contributed by atoms with E-state index in [1.165, 1.54) is 11.3 Å². The highest BCUT2D eigenvalue weighted by atomic mass is 32.1. The Hall–Kier alpha value is -2.47. The summed E-state index contributed by atoms with van der Waals surface area (Å²) < 4.78 is 0.921. The summed E-state index contributed by atoms with van der Waals surface area (Å²) in [7, 11) is 0. The quantitative estimate of drug-likeness (QED) is 0.748. The number of hydrogen-bond acceptors (Lipinski definition) is 5. The molecule has 2 aromatic heterocycles. The van der Waals surface area contributed by atoms with E-state index in [-0.39, 0.29) is 11.5 Å². The molecule has 94 valence electrons. The summed E-state index contributed by atoms with van der Waals surface area (Å²) in [5.74, 6) is -0.739. The zero-order chi connectivity index (χ0) is 13.4. The van der Waals surface area contributed by atoms with Gasteiger partial charge < -0.3 is 10.8 Å². The normalized spacial score (nSPS) is 10.7. The molecule has 0 amide bonds. The molecular formula is C13H9N3O2S. The third-order valence-corrected chi connectivity index (χ3v) is 3.66. The van der Waals surface area contributed by atoms with Crippen LogP contribution in [-0.4, -0.2) is 21.0 Å². The SMILES string of the molecule is Nc1ncc2scc(-c3cccc(C(=O)O)c3)c2n1. The Bertz CT molecular complexity index is 782. The molecule has 0 atom stereocenters. The molecule has 0 radical (unpaired) electrons. The number of thiophene rings is 1. The second kappa shape index (κ2) is 4.33. The number of carboxylic acids is 1. The van der Waals surface area contributed by atoms with Gasteiger partial charge in [0.25, 0.3) is 0 Å². The third-order valence-electron chi connectivity index (χ3n) is 2.75. The second-order valence-electron chi connectivity index (χ2n) is 3.98. The van der Waals surface area contributed by atoms with Gasteiger partial charge in [-0.2, -0.15) is 0 Å². The lowest BCUT2D eigenvalue weighted by Crippen LogP contribution is -1.96. The maximum absolute atomic E-state index is 11.0. The maximum Gasteiger partial charge on any atom is 0.335 e. The molecule has 0 bridgehead atoms. The van der Waals surface area contributed by atoms with E-state index in [1.54, 1.807) is 24.4 Å². The van der Waals surface area contributed by atoms with Crippen molar-refractivity contribution in [2.45, 2.75) is 0 Å². The molecule has 0 saturated heterocycles. The number of aromatic carboxylic acids is 1. The van der Waals surface area contributed by atoms with Gasteiger partial charge in [-0.25, -0.2) is 14.8 Å². The van der Waals surface area contributed by atoms with Crippen LogP contribution >= 0.6 is 11.3 Å². The van der Waals surface area contributed by atoms with Crippen LogP contribution in [0.15, 0.2) is 35.8 Å². The van der Waals surface area contributed by atoms with E-state index in [1.807, 2.05) is 11.4 Å². The van der Waals surface area contributed by atoms with Crippen molar-refractivity contribution in [3.05, 3.63) is 41.4 Å². The Morgan fingerprint density at radius 2 is 2.21 bits per heavy atom. The van der Waals surface area contributed by atoms with Crippen molar-refractivity contribution >= 4 is 33.5 Å². The minimum absolute atomic E-state index is 0.210. The predicted molar refractivity (Wildman–Crippen MR) is 74.2 cm³/mol. The lowest BCUT2D eigenvalue weighted by atomic mass is 10.1. The first-order valence-electron chi connectivity index (χ1n) is 5.48. The summed E-state index contributed by atoms with van der Waals surface area (Å²) >= 11 is 1.50. The Labute approximate surface area is 112 Å². The molecule has 0 saturated carbocycles. The summed E-state index contributed by atoms with van der Waals surface area (Å²) in [6.45, 7) is 0. The van der Waals surface area contributed by atoms with Gasteiger partial charge in [-0.1, -0.05) is 12.1 Å². The Kier molecular flexibility index (Phi) is 2.64. The van der Waals surface area contributed by atoms with E-state index in [2.05, 4.69) is 9.97 Å².